The van der Waals surface area contributed by atoms with E-state index in [0.717, 1.165) is 5.69 Å². The van der Waals surface area contributed by atoms with Crippen LogP contribution in [0.3, 0.4) is 0 Å². The Labute approximate surface area is 215 Å². The highest BCUT2D eigenvalue weighted by Crippen LogP contribution is 2.20. The van der Waals surface area contributed by atoms with Gasteiger partial charge in [0.2, 0.25) is 0 Å². The van der Waals surface area contributed by atoms with Gasteiger partial charge in [-0.3, -0.25) is 9.59 Å². The number of amides is 2. The smallest absolute Gasteiger partial charge is 0.339 e. The summed E-state index contributed by atoms with van der Waals surface area (Å²) in [7, 11) is -3.17. The normalized spacial score (nSPS) is 18.9. The number of ether oxygens (including phenoxy) is 1. The fourth-order valence-electron chi connectivity index (χ4n) is 4.78. The molecule has 1 atom stereocenters. The molecule has 4 rings (SSSR count). The van der Waals surface area contributed by atoms with Gasteiger partial charge in [0.25, 0.3) is 11.8 Å². The molecule has 2 aliphatic heterocycles. The van der Waals surface area contributed by atoms with Crippen LogP contribution in [0.2, 0.25) is 0 Å². The van der Waals surface area contributed by atoms with Crippen molar-refractivity contribution in [3.63, 3.8) is 0 Å². The summed E-state index contributed by atoms with van der Waals surface area (Å²) in [5.41, 5.74) is 1.12. The van der Waals surface area contributed by atoms with Gasteiger partial charge in [-0.05, 0) is 49.7 Å². The molecule has 198 valence electrons. The Bertz CT molecular complexity index is 1260. The lowest BCUT2D eigenvalue weighted by Gasteiger charge is -2.36. The number of likely N-dealkylation sites (N-methyl/N-ethyl adjacent to an activating group) is 1. The summed E-state index contributed by atoms with van der Waals surface area (Å²) in [5.74, 6) is -1.95. The number of esters is 1. The van der Waals surface area contributed by atoms with E-state index >= 15 is 0 Å². The lowest BCUT2D eigenvalue weighted by molar-refractivity contribution is -0.136. The number of nitrogens with zero attached hydrogens (tertiary/aromatic N) is 3. The third kappa shape index (κ3) is 6.27. The van der Waals surface area contributed by atoms with E-state index in [1.165, 1.54) is 23.1 Å². The molecule has 0 radical (unpaired) electrons. The lowest BCUT2D eigenvalue weighted by Crippen LogP contribution is -2.49. The van der Waals surface area contributed by atoms with E-state index in [1.54, 1.807) is 42.2 Å². The van der Waals surface area contributed by atoms with Crippen LogP contribution >= 0.6 is 0 Å². The molecule has 0 bridgehead atoms. The van der Waals surface area contributed by atoms with Crippen LogP contribution < -0.4 is 4.90 Å². The van der Waals surface area contributed by atoms with Crippen LogP contribution in [0.4, 0.5) is 10.1 Å². The van der Waals surface area contributed by atoms with Gasteiger partial charge in [0.15, 0.2) is 16.4 Å². The van der Waals surface area contributed by atoms with Crippen LogP contribution in [0.15, 0.2) is 48.5 Å². The number of rotatable bonds is 7. The number of anilines is 1. The Kier molecular flexibility index (Phi) is 8.11. The molecule has 11 heteroatoms. The van der Waals surface area contributed by atoms with E-state index in [-0.39, 0.29) is 34.4 Å². The van der Waals surface area contributed by atoms with Gasteiger partial charge in [-0.25, -0.2) is 17.6 Å². The van der Waals surface area contributed by atoms with Crippen molar-refractivity contribution in [2.75, 3.05) is 55.7 Å². The summed E-state index contributed by atoms with van der Waals surface area (Å²) in [6.45, 7) is 3.47. The molecule has 0 aromatic heterocycles. The second-order valence-electron chi connectivity index (χ2n) is 9.11. The molecule has 2 amide bonds. The molecular formula is C26H30FN3O6S. The Balaban J connectivity index is 1.36. The van der Waals surface area contributed by atoms with Crippen LogP contribution in [-0.4, -0.2) is 92.9 Å². The summed E-state index contributed by atoms with van der Waals surface area (Å²) in [6, 6.07) is 12.1. The second kappa shape index (κ2) is 11.3. The standard InChI is InChI=1S/C26H30FN3O6S/c1-2-30(21-11-16-37(34,35)18-21)24(31)17-36-26(33)23-6-4-3-5-22(23)25(32)29-14-12-28(13-15-29)20-9-7-19(27)8-10-20/h3-10,21H,2,11-18H2,1H3/t21-/m1/s1. The van der Waals surface area contributed by atoms with Crippen molar-refractivity contribution in [2.45, 2.75) is 19.4 Å². The molecule has 2 aliphatic rings. The molecule has 0 aliphatic carbocycles. The maximum absolute atomic E-state index is 13.3. The Morgan fingerprint density at radius 3 is 2.24 bits per heavy atom. The monoisotopic (exact) mass is 531 g/mol. The largest absolute Gasteiger partial charge is 0.452 e. The molecule has 2 aromatic carbocycles. The minimum atomic E-state index is -3.17. The van der Waals surface area contributed by atoms with Crippen LogP contribution in [0, 0.1) is 5.82 Å². The predicted octanol–water partition coefficient (Wildman–Crippen LogP) is 1.98. The van der Waals surface area contributed by atoms with Crippen molar-refractivity contribution < 1.29 is 31.9 Å². The van der Waals surface area contributed by atoms with Gasteiger partial charge in [-0.15, -0.1) is 0 Å². The van der Waals surface area contributed by atoms with E-state index < -0.39 is 34.4 Å². The maximum atomic E-state index is 13.3. The summed E-state index contributed by atoms with van der Waals surface area (Å²) in [6.07, 6.45) is 0.363. The maximum Gasteiger partial charge on any atom is 0.339 e. The number of carbonyl (C=O) groups excluding carboxylic acids is 3. The van der Waals surface area contributed by atoms with E-state index in [9.17, 15) is 27.2 Å². The third-order valence-electron chi connectivity index (χ3n) is 6.77. The summed E-state index contributed by atoms with van der Waals surface area (Å²) in [5, 5.41) is 0. The van der Waals surface area contributed by atoms with Gasteiger partial charge in [0, 0.05) is 44.5 Å². The Hall–Kier alpha value is -3.47. The first-order valence-electron chi connectivity index (χ1n) is 12.2. The summed E-state index contributed by atoms with van der Waals surface area (Å²) in [4.78, 5) is 43.9. The third-order valence-corrected chi connectivity index (χ3v) is 8.52. The van der Waals surface area contributed by atoms with Crippen molar-refractivity contribution in [2.24, 2.45) is 0 Å². The number of hydrogen-bond donors (Lipinski definition) is 0. The van der Waals surface area contributed by atoms with Gasteiger partial charge in [0.05, 0.1) is 22.6 Å². The number of piperazine rings is 1. The van der Waals surface area contributed by atoms with E-state index in [4.69, 9.17) is 4.74 Å². The van der Waals surface area contributed by atoms with E-state index in [1.807, 2.05) is 0 Å². The van der Waals surface area contributed by atoms with Crippen molar-refractivity contribution in [3.05, 3.63) is 65.5 Å². The van der Waals surface area contributed by atoms with Gasteiger partial charge in [-0.2, -0.15) is 0 Å². The zero-order valence-corrected chi connectivity index (χ0v) is 21.5. The van der Waals surface area contributed by atoms with Crippen LogP contribution in [0.1, 0.15) is 34.1 Å². The Morgan fingerprint density at radius 2 is 1.65 bits per heavy atom. The first-order valence-corrected chi connectivity index (χ1v) is 14.1. The van der Waals surface area contributed by atoms with Gasteiger partial charge in [0.1, 0.15) is 5.82 Å². The number of benzene rings is 2. The molecule has 0 spiro atoms. The molecular weight excluding hydrogens is 501 g/mol. The van der Waals surface area contributed by atoms with Crippen molar-refractivity contribution >= 4 is 33.3 Å². The SMILES string of the molecule is CCN(C(=O)COC(=O)c1ccccc1C(=O)N1CCN(c2ccc(F)cc2)CC1)[C@@H]1CCS(=O)(=O)C1. The van der Waals surface area contributed by atoms with Crippen molar-refractivity contribution in [3.8, 4) is 0 Å². The second-order valence-corrected chi connectivity index (χ2v) is 11.3. The number of halogens is 1. The molecule has 2 aromatic rings. The minimum Gasteiger partial charge on any atom is -0.452 e. The molecule has 2 saturated heterocycles. The first-order chi connectivity index (χ1) is 17.7. The Morgan fingerprint density at radius 1 is 1.00 bits per heavy atom. The summed E-state index contributed by atoms with van der Waals surface area (Å²) >= 11 is 0. The molecule has 2 fully saturated rings. The van der Waals surface area contributed by atoms with Crippen molar-refractivity contribution in [1.82, 2.24) is 9.80 Å². The average molecular weight is 532 g/mol. The highest BCUT2D eigenvalue weighted by atomic mass is 32.2. The van der Waals surface area contributed by atoms with Crippen LogP contribution in [0.5, 0.6) is 0 Å². The topological polar surface area (TPSA) is 104 Å². The molecule has 0 N–H and O–H groups in total. The zero-order valence-electron chi connectivity index (χ0n) is 20.6. The van der Waals surface area contributed by atoms with Gasteiger partial charge >= 0.3 is 5.97 Å². The van der Waals surface area contributed by atoms with E-state index in [2.05, 4.69) is 4.90 Å². The highest BCUT2D eigenvalue weighted by molar-refractivity contribution is 7.91. The van der Waals surface area contributed by atoms with Crippen molar-refractivity contribution in [1.29, 1.82) is 0 Å². The van der Waals surface area contributed by atoms with Crippen LogP contribution in [-0.2, 0) is 19.4 Å². The quantitative estimate of drug-likeness (QED) is 0.503. The first kappa shape index (κ1) is 26.6. The van der Waals surface area contributed by atoms with Crippen LogP contribution in [0.25, 0.3) is 0 Å². The predicted molar refractivity (Wildman–Crippen MR) is 136 cm³/mol. The number of carbonyl (C=O) groups is 3. The minimum absolute atomic E-state index is 0.0366. The van der Waals surface area contributed by atoms with Gasteiger partial charge in [-0.1, -0.05) is 12.1 Å². The molecule has 0 unspecified atom stereocenters. The average Bonchev–Trinajstić information content (AvgIpc) is 3.26. The zero-order chi connectivity index (χ0) is 26.6. The molecule has 0 saturated carbocycles. The molecule has 9 nitrogen and oxygen atoms in total. The fraction of sp³-hybridized carbons (Fsp3) is 0.423. The van der Waals surface area contributed by atoms with E-state index in [0.29, 0.717) is 39.1 Å². The lowest BCUT2D eigenvalue weighted by atomic mass is 10.1. The highest BCUT2D eigenvalue weighted by Gasteiger charge is 2.34. The molecule has 37 heavy (non-hydrogen) atoms. The number of sulfone groups is 1. The molecule has 2 heterocycles. The number of hydrogen-bond acceptors (Lipinski definition) is 7. The fourth-order valence-corrected chi connectivity index (χ4v) is 6.52. The van der Waals surface area contributed by atoms with Gasteiger partial charge < -0.3 is 19.4 Å². The summed E-state index contributed by atoms with van der Waals surface area (Å²) < 4.78 is 42.1.